The second-order valence-corrected chi connectivity index (χ2v) is 6.21. The lowest BCUT2D eigenvalue weighted by molar-refractivity contribution is -0.146. The van der Waals surface area contributed by atoms with Crippen LogP contribution < -0.4 is 5.32 Å². The highest BCUT2D eigenvalue weighted by Crippen LogP contribution is 2.18. The first-order valence-electron chi connectivity index (χ1n) is 8.68. The smallest absolute Gasteiger partial charge is 0.308 e. The van der Waals surface area contributed by atoms with Crippen LogP contribution in [0.5, 0.6) is 0 Å². The van der Waals surface area contributed by atoms with Crippen LogP contribution >= 0.6 is 0 Å². The number of methoxy groups -OCH3 is 1. The molecule has 1 aromatic carbocycles. The molecular formula is C18H25N5O2. The fraction of sp³-hybridized carbons (Fsp3) is 0.500. The van der Waals surface area contributed by atoms with Crippen LogP contribution in [0.2, 0.25) is 0 Å². The molecule has 0 unspecified atom stereocenters. The third kappa shape index (κ3) is 4.10. The summed E-state index contributed by atoms with van der Waals surface area (Å²) in [6, 6.07) is 8.03. The lowest BCUT2D eigenvalue weighted by Gasteiger charge is -2.33. The van der Waals surface area contributed by atoms with Crippen LogP contribution in [0.3, 0.4) is 0 Å². The Kier molecular flexibility index (Phi) is 5.53. The summed E-state index contributed by atoms with van der Waals surface area (Å²) in [5.41, 5.74) is 2.05. The van der Waals surface area contributed by atoms with Crippen LogP contribution in [0, 0.1) is 5.92 Å². The molecule has 134 valence electrons. The fourth-order valence-corrected chi connectivity index (χ4v) is 3.24. The number of nitrogens with zero attached hydrogens (tertiary/aromatic N) is 3. The zero-order valence-corrected chi connectivity index (χ0v) is 14.8. The maximum absolute atomic E-state index is 11.6. The molecule has 0 atom stereocenters. The van der Waals surface area contributed by atoms with E-state index in [0.29, 0.717) is 0 Å². The van der Waals surface area contributed by atoms with E-state index in [2.05, 4.69) is 25.2 Å². The number of guanidine groups is 1. The normalized spacial score (nSPS) is 16.2. The Labute approximate surface area is 147 Å². The summed E-state index contributed by atoms with van der Waals surface area (Å²) >= 11 is 0. The lowest BCUT2D eigenvalue weighted by atomic mass is 9.97. The Bertz CT molecular complexity index is 714. The number of aromatic nitrogens is 2. The van der Waals surface area contributed by atoms with Crippen molar-refractivity contribution >= 4 is 23.0 Å². The Morgan fingerprint density at radius 3 is 2.84 bits per heavy atom. The molecule has 2 aromatic rings. The lowest BCUT2D eigenvalue weighted by Crippen LogP contribution is -2.47. The number of imidazole rings is 1. The van der Waals surface area contributed by atoms with E-state index in [0.717, 1.165) is 61.7 Å². The second kappa shape index (κ2) is 8.00. The first-order chi connectivity index (χ1) is 12.2. The van der Waals surface area contributed by atoms with Crippen LogP contribution in [-0.2, 0) is 16.0 Å². The number of benzene rings is 1. The van der Waals surface area contributed by atoms with Crippen molar-refractivity contribution in [2.75, 3.05) is 33.8 Å². The quantitative estimate of drug-likeness (QED) is 0.500. The van der Waals surface area contributed by atoms with Crippen LogP contribution in [0.1, 0.15) is 18.7 Å². The molecule has 0 saturated carbocycles. The van der Waals surface area contributed by atoms with Crippen LogP contribution in [0.4, 0.5) is 0 Å². The van der Waals surface area contributed by atoms with Crippen molar-refractivity contribution in [3.8, 4) is 0 Å². The molecule has 1 aromatic heterocycles. The SMILES string of the molecule is CN=C(NCCc1nc2ccccc2[nH]1)N1CCC(C(=O)OC)CC1. The molecule has 0 spiro atoms. The van der Waals surface area contributed by atoms with E-state index in [1.165, 1.54) is 7.11 Å². The topological polar surface area (TPSA) is 82.6 Å². The number of aliphatic imine (C=N–C) groups is 1. The molecule has 2 N–H and O–H groups in total. The molecule has 0 bridgehead atoms. The second-order valence-electron chi connectivity index (χ2n) is 6.21. The Balaban J connectivity index is 1.49. The van der Waals surface area contributed by atoms with Crippen molar-refractivity contribution in [3.63, 3.8) is 0 Å². The number of para-hydroxylation sites is 2. The van der Waals surface area contributed by atoms with Crippen molar-refractivity contribution in [1.29, 1.82) is 0 Å². The number of aromatic amines is 1. The molecular weight excluding hydrogens is 318 g/mol. The molecule has 1 saturated heterocycles. The van der Waals surface area contributed by atoms with Crippen LogP contribution in [0.15, 0.2) is 29.3 Å². The number of hydrogen-bond donors (Lipinski definition) is 2. The van der Waals surface area contributed by atoms with Gasteiger partial charge in [-0.15, -0.1) is 0 Å². The van der Waals surface area contributed by atoms with E-state index in [-0.39, 0.29) is 11.9 Å². The molecule has 1 fully saturated rings. The average Bonchev–Trinajstić information content (AvgIpc) is 3.07. The van der Waals surface area contributed by atoms with Gasteiger partial charge in [-0.1, -0.05) is 12.1 Å². The predicted molar refractivity (Wildman–Crippen MR) is 97.5 cm³/mol. The monoisotopic (exact) mass is 343 g/mol. The Hall–Kier alpha value is -2.57. The molecule has 1 aliphatic heterocycles. The van der Waals surface area contributed by atoms with Gasteiger partial charge in [0.2, 0.25) is 0 Å². The third-order valence-corrected chi connectivity index (χ3v) is 4.62. The zero-order chi connectivity index (χ0) is 17.6. The fourth-order valence-electron chi connectivity index (χ4n) is 3.24. The van der Waals surface area contributed by atoms with Crippen molar-refractivity contribution in [3.05, 3.63) is 30.1 Å². The molecule has 0 radical (unpaired) electrons. The number of ether oxygens (including phenoxy) is 1. The molecule has 0 amide bonds. The number of fused-ring (bicyclic) bond motifs is 1. The van der Waals surface area contributed by atoms with Crippen molar-refractivity contribution < 1.29 is 9.53 Å². The summed E-state index contributed by atoms with van der Waals surface area (Å²) in [6.07, 6.45) is 2.40. The highest BCUT2D eigenvalue weighted by Gasteiger charge is 2.26. The standard InChI is InChI=1S/C18H25N5O2/c1-19-18(23-11-8-13(9-12-23)17(24)25-2)20-10-7-16-21-14-5-3-4-6-15(14)22-16/h3-6,13H,7-12H2,1-2H3,(H,19,20)(H,21,22). The molecule has 3 rings (SSSR count). The molecule has 25 heavy (non-hydrogen) atoms. The number of H-pyrrole nitrogens is 1. The number of likely N-dealkylation sites (tertiary alicyclic amines) is 1. The van der Waals surface area contributed by atoms with Gasteiger partial charge in [0.15, 0.2) is 5.96 Å². The average molecular weight is 343 g/mol. The molecule has 7 nitrogen and oxygen atoms in total. The number of carbonyl (C=O) groups is 1. The first kappa shape index (κ1) is 17.3. The summed E-state index contributed by atoms with van der Waals surface area (Å²) in [4.78, 5) is 26.1. The van der Waals surface area contributed by atoms with Gasteiger partial charge in [0.05, 0.1) is 24.1 Å². The highest BCUT2D eigenvalue weighted by molar-refractivity contribution is 5.80. The minimum absolute atomic E-state index is 0.00917. The van der Waals surface area contributed by atoms with Gasteiger partial charge in [-0.25, -0.2) is 4.98 Å². The van der Waals surface area contributed by atoms with Gasteiger partial charge >= 0.3 is 5.97 Å². The number of piperidine rings is 1. The van der Waals surface area contributed by atoms with Gasteiger partial charge < -0.3 is 19.9 Å². The minimum Gasteiger partial charge on any atom is -0.469 e. The molecule has 7 heteroatoms. The van der Waals surface area contributed by atoms with Gasteiger partial charge in [0.1, 0.15) is 5.82 Å². The maximum Gasteiger partial charge on any atom is 0.308 e. The molecule has 1 aliphatic rings. The third-order valence-electron chi connectivity index (χ3n) is 4.62. The first-order valence-corrected chi connectivity index (χ1v) is 8.68. The van der Waals surface area contributed by atoms with Crippen LogP contribution in [0.25, 0.3) is 11.0 Å². The van der Waals surface area contributed by atoms with E-state index in [1.807, 2.05) is 24.3 Å². The summed E-state index contributed by atoms with van der Waals surface area (Å²) < 4.78 is 4.84. The van der Waals surface area contributed by atoms with Gasteiger partial charge in [-0.05, 0) is 25.0 Å². The van der Waals surface area contributed by atoms with Gasteiger partial charge in [0.25, 0.3) is 0 Å². The van der Waals surface area contributed by atoms with Crippen LogP contribution in [-0.4, -0.2) is 60.6 Å². The predicted octanol–water partition coefficient (Wildman–Crippen LogP) is 1.57. The van der Waals surface area contributed by atoms with Crippen molar-refractivity contribution in [2.24, 2.45) is 10.9 Å². The number of hydrogen-bond acceptors (Lipinski definition) is 4. The molecule has 2 heterocycles. The zero-order valence-electron chi connectivity index (χ0n) is 14.8. The summed E-state index contributed by atoms with van der Waals surface area (Å²) in [7, 11) is 3.24. The van der Waals surface area contributed by atoms with E-state index < -0.39 is 0 Å². The van der Waals surface area contributed by atoms with Gasteiger partial charge in [-0.2, -0.15) is 0 Å². The number of rotatable bonds is 4. The van der Waals surface area contributed by atoms with E-state index in [1.54, 1.807) is 7.05 Å². The summed E-state index contributed by atoms with van der Waals surface area (Å²) in [6.45, 7) is 2.37. The summed E-state index contributed by atoms with van der Waals surface area (Å²) in [5, 5.41) is 3.39. The Morgan fingerprint density at radius 1 is 1.40 bits per heavy atom. The van der Waals surface area contributed by atoms with Gasteiger partial charge in [0, 0.05) is 33.1 Å². The summed E-state index contributed by atoms with van der Waals surface area (Å²) in [5.74, 6) is 1.75. The largest absolute Gasteiger partial charge is 0.469 e. The van der Waals surface area contributed by atoms with E-state index in [9.17, 15) is 4.79 Å². The Morgan fingerprint density at radius 2 is 2.16 bits per heavy atom. The van der Waals surface area contributed by atoms with Gasteiger partial charge in [-0.3, -0.25) is 9.79 Å². The number of esters is 1. The number of carbonyl (C=O) groups excluding carboxylic acids is 1. The van der Waals surface area contributed by atoms with E-state index >= 15 is 0 Å². The molecule has 0 aliphatic carbocycles. The van der Waals surface area contributed by atoms with Crippen molar-refractivity contribution in [1.82, 2.24) is 20.2 Å². The highest BCUT2D eigenvalue weighted by atomic mass is 16.5. The number of nitrogens with one attached hydrogen (secondary N) is 2. The maximum atomic E-state index is 11.6. The van der Waals surface area contributed by atoms with E-state index in [4.69, 9.17) is 4.74 Å². The minimum atomic E-state index is -0.104. The van der Waals surface area contributed by atoms with Crippen molar-refractivity contribution in [2.45, 2.75) is 19.3 Å².